The van der Waals surface area contributed by atoms with Crippen LogP contribution in [0.15, 0.2) is 23.1 Å². The van der Waals surface area contributed by atoms with Gasteiger partial charge in [0.1, 0.15) is 5.75 Å². The molecule has 0 atom stereocenters. The van der Waals surface area contributed by atoms with E-state index in [0.717, 1.165) is 4.90 Å². The van der Waals surface area contributed by atoms with Gasteiger partial charge in [-0.1, -0.05) is 0 Å². The van der Waals surface area contributed by atoms with Gasteiger partial charge in [0, 0.05) is 4.90 Å². The number of hydrogen-bond donors (Lipinski definition) is 2. The van der Waals surface area contributed by atoms with Gasteiger partial charge >= 0.3 is 0 Å². The van der Waals surface area contributed by atoms with Crippen LogP contribution in [0, 0.1) is 0 Å². The van der Waals surface area contributed by atoms with Crippen molar-refractivity contribution in [2.45, 2.75) is 4.90 Å². The normalized spacial score (nSPS) is 9.70. The van der Waals surface area contributed by atoms with Gasteiger partial charge in [0.25, 0.3) is 0 Å². The molecule has 0 saturated carbocycles. The minimum absolute atomic E-state index is 0.159. The van der Waals surface area contributed by atoms with Crippen molar-refractivity contribution < 1.29 is 5.11 Å². The zero-order valence-electron chi connectivity index (χ0n) is 5.66. The van der Waals surface area contributed by atoms with Crippen molar-refractivity contribution in [3.63, 3.8) is 0 Å². The van der Waals surface area contributed by atoms with E-state index in [1.54, 1.807) is 23.9 Å². The average Bonchev–Trinajstić information content (AvgIpc) is 1.95. The highest BCUT2D eigenvalue weighted by atomic mass is 32.2. The van der Waals surface area contributed by atoms with Crippen LogP contribution in [0.25, 0.3) is 0 Å². The molecule has 0 bridgehead atoms. The second-order valence-electron chi connectivity index (χ2n) is 1.92. The van der Waals surface area contributed by atoms with Crippen molar-refractivity contribution in [2.75, 3.05) is 12.0 Å². The van der Waals surface area contributed by atoms with E-state index in [9.17, 15) is 0 Å². The molecule has 1 aromatic carbocycles. The molecule has 0 fully saturated rings. The Kier molecular flexibility index (Phi) is 2.06. The Morgan fingerprint density at radius 2 is 2.20 bits per heavy atom. The number of phenols is 1. The van der Waals surface area contributed by atoms with Crippen LogP contribution < -0.4 is 5.73 Å². The Morgan fingerprint density at radius 1 is 1.50 bits per heavy atom. The number of nitrogen functional groups attached to an aromatic ring is 1. The molecular formula is C7H9NOS. The lowest BCUT2D eigenvalue weighted by Gasteiger charge is -1.99. The monoisotopic (exact) mass is 155 g/mol. The number of hydrogen-bond acceptors (Lipinski definition) is 3. The highest BCUT2D eigenvalue weighted by molar-refractivity contribution is 7.98. The Hall–Kier alpha value is -0.830. The van der Waals surface area contributed by atoms with E-state index < -0.39 is 0 Å². The molecule has 3 heteroatoms. The number of phenolic OH excluding ortho intramolecular Hbond substituents is 1. The second-order valence-corrected chi connectivity index (χ2v) is 2.80. The lowest BCUT2D eigenvalue weighted by Crippen LogP contribution is -1.84. The third-order valence-corrected chi connectivity index (χ3v) is 1.96. The Bertz CT molecular complexity index is 237. The topological polar surface area (TPSA) is 46.2 Å². The first-order valence-corrected chi connectivity index (χ1v) is 4.09. The van der Waals surface area contributed by atoms with Crippen LogP contribution >= 0.6 is 11.8 Å². The molecule has 0 unspecified atom stereocenters. The van der Waals surface area contributed by atoms with Gasteiger partial charge in [0.15, 0.2) is 0 Å². The number of anilines is 1. The fourth-order valence-corrected chi connectivity index (χ4v) is 1.08. The van der Waals surface area contributed by atoms with Crippen LogP contribution in [-0.2, 0) is 0 Å². The van der Waals surface area contributed by atoms with E-state index in [-0.39, 0.29) is 5.75 Å². The van der Waals surface area contributed by atoms with Gasteiger partial charge in [-0.25, -0.2) is 0 Å². The third-order valence-electron chi connectivity index (χ3n) is 1.24. The first-order valence-electron chi connectivity index (χ1n) is 2.86. The molecule has 2 nitrogen and oxygen atoms in total. The highest BCUT2D eigenvalue weighted by Crippen LogP contribution is 2.25. The summed E-state index contributed by atoms with van der Waals surface area (Å²) in [7, 11) is 0. The van der Waals surface area contributed by atoms with Gasteiger partial charge in [0.05, 0.1) is 5.69 Å². The minimum Gasteiger partial charge on any atom is -0.506 e. The fraction of sp³-hybridized carbons (Fsp3) is 0.143. The predicted octanol–water partition coefficient (Wildman–Crippen LogP) is 1.70. The summed E-state index contributed by atoms with van der Waals surface area (Å²) >= 11 is 1.58. The van der Waals surface area contributed by atoms with E-state index in [2.05, 4.69) is 0 Å². The van der Waals surface area contributed by atoms with E-state index >= 15 is 0 Å². The van der Waals surface area contributed by atoms with Crippen LogP contribution in [0.5, 0.6) is 5.75 Å². The molecule has 10 heavy (non-hydrogen) atoms. The van der Waals surface area contributed by atoms with Crippen molar-refractivity contribution in [3.8, 4) is 5.75 Å². The zero-order valence-corrected chi connectivity index (χ0v) is 6.48. The molecule has 0 spiro atoms. The summed E-state index contributed by atoms with van der Waals surface area (Å²) in [5.41, 5.74) is 5.81. The quantitative estimate of drug-likeness (QED) is 0.368. The number of aromatic hydroxyl groups is 1. The molecule has 54 valence electrons. The van der Waals surface area contributed by atoms with Crippen molar-refractivity contribution in [1.29, 1.82) is 0 Å². The number of rotatable bonds is 1. The van der Waals surface area contributed by atoms with Crippen LogP contribution in [0.2, 0.25) is 0 Å². The van der Waals surface area contributed by atoms with E-state index in [0.29, 0.717) is 5.69 Å². The van der Waals surface area contributed by atoms with E-state index in [1.165, 1.54) is 0 Å². The molecule has 0 amide bonds. The van der Waals surface area contributed by atoms with Crippen LogP contribution in [-0.4, -0.2) is 11.4 Å². The predicted molar refractivity (Wildman–Crippen MR) is 44.3 cm³/mol. The molecule has 3 N–H and O–H groups in total. The van der Waals surface area contributed by atoms with E-state index in [4.69, 9.17) is 10.8 Å². The third kappa shape index (κ3) is 1.36. The molecule has 0 aliphatic heterocycles. The van der Waals surface area contributed by atoms with Crippen LogP contribution in [0.4, 0.5) is 5.69 Å². The maximum absolute atomic E-state index is 9.09. The van der Waals surface area contributed by atoms with Crippen LogP contribution in [0.3, 0.4) is 0 Å². The standard InChI is InChI=1S/C7H9NOS/c1-10-5-2-3-6(8)7(9)4-5/h2-4,9H,8H2,1H3. The lowest BCUT2D eigenvalue weighted by molar-refractivity contribution is 0.476. The Labute approximate surface area is 64.1 Å². The highest BCUT2D eigenvalue weighted by Gasteiger charge is 1.95. The molecule has 0 heterocycles. The molecule has 0 aromatic heterocycles. The van der Waals surface area contributed by atoms with Gasteiger partial charge in [-0.2, -0.15) is 0 Å². The van der Waals surface area contributed by atoms with Gasteiger partial charge in [-0.3, -0.25) is 0 Å². The summed E-state index contributed by atoms with van der Waals surface area (Å²) in [6, 6.07) is 5.22. The Morgan fingerprint density at radius 3 is 2.70 bits per heavy atom. The van der Waals surface area contributed by atoms with Crippen molar-refractivity contribution in [3.05, 3.63) is 18.2 Å². The molecular weight excluding hydrogens is 146 g/mol. The summed E-state index contributed by atoms with van der Waals surface area (Å²) in [6.07, 6.45) is 1.95. The van der Waals surface area contributed by atoms with Crippen LogP contribution in [0.1, 0.15) is 0 Å². The molecule has 0 saturated heterocycles. The summed E-state index contributed by atoms with van der Waals surface area (Å²) in [4.78, 5) is 1.02. The zero-order chi connectivity index (χ0) is 7.56. The summed E-state index contributed by atoms with van der Waals surface area (Å²) in [6.45, 7) is 0. The summed E-state index contributed by atoms with van der Waals surface area (Å²) in [5, 5.41) is 9.09. The Balaban J connectivity index is 3.04. The summed E-state index contributed by atoms with van der Waals surface area (Å²) < 4.78 is 0. The fourth-order valence-electron chi connectivity index (χ4n) is 0.650. The maximum Gasteiger partial charge on any atom is 0.139 e. The molecule has 0 aliphatic carbocycles. The van der Waals surface area contributed by atoms with E-state index in [1.807, 2.05) is 12.3 Å². The van der Waals surface area contributed by atoms with Gasteiger partial charge < -0.3 is 10.8 Å². The molecule has 0 radical (unpaired) electrons. The maximum atomic E-state index is 9.09. The molecule has 1 aromatic rings. The first-order chi connectivity index (χ1) is 4.74. The molecule has 0 aliphatic rings. The SMILES string of the molecule is CSc1ccc(N)c(O)c1. The van der Waals surface area contributed by atoms with Gasteiger partial charge in [-0.15, -0.1) is 11.8 Å². The second kappa shape index (κ2) is 2.84. The van der Waals surface area contributed by atoms with Gasteiger partial charge in [-0.05, 0) is 24.5 Å². The summed E-state index contributed by atoms with van der Waals surface area (Å²) in [5.74, 6) is 0.159. The van der Waals surface area contributed by atoms with Crippen molar-refractivity contribution in [1.82, 2.24) is 0 Å². The van der Waals surface area contributed by atoms with Gasteiger partial charge in [0.2, 0.25) is 0 Å². The first kappa shape index (κ1) is 7.28. The smallest absolute Gasteiger partial charge is 0.139 e. The number of benzene rings is 1. The number of thioether (sulfide) groups is 1. The van der Waals surface area contributed by atoms with Crippen molar-refractivity contribution in [2.24, 2.45) is 0 Å². The largest absolute Gasteiger partial charge is 0.506 e. The average molecular weight is 155 g/mol. The number of nitrogens with two attached hydrogens (primary N) is 1. The molecule has 1 rings (SSSR count). The minimum atomic E-state index is 0.159. The lowest BCUT2D eigenvalue weighted by atomic mass is 10.3. The van der Waals surface area contributed by atoms with Crippen molar-refractivity contribution >= 4 is 17.4 Å².